The predicted octanol–water partition coefficient (Wildman–Crippen LogP) is 0.891. The van der Waals surface area contributed by atoms with Crippen molar-refractivity contribution in [1.29, 1.82) is 0 Å². The van der Waals surface area contributed by atoms with Crippen LogP contribution in [-0.4, -0.2) is 24.6 Å². The Balaban J connectivity index is 2.83. The Hall–Kier alpha value is -0.540. The second-order valence-corrected chi connectivity index (χ2v) is 1.86. The first-order valence-corrected chi connectivity index (χ1v) is 3.29. The number of hydrogen-bond donors (Lipinski definition) is 1. The van der Waals surface area contributed by atoms with Crippen molar-refractivity contribution in [3.05, 3.63) is 12.8 Å². The first-order valence-electron chi connectivity index (χ1n) is 3.29. The molecule has 0 saturated heterocycles. The van der Waals surface area contributed by atoms with E-state index in [0.29, 0.717) is 13.2 Å². The highest BCUT2D eigenvalue weighted by Crippen LogP contribution is 1.88. The van der Waals surface area contributed by atoms with Crippen LogP contribution in [0.2, 0.25) is 0 Å². The van der Waals surface area contributed by atoms with Crippen molar-refractivity contribution >= 4 is 0 Å². The molecular weight excluding hydrogens is 132 g/mol. The van der Waals surface area contributed by atoms with Gasteiger partial charge in [0.25, 0.3) is 0 Å². The van der Waals surface area contributed by atoms with Crippen LogP contribution < -0.4 is 0 Å². The maximum atomic E-state index is 8.63. The molecule has 1 N–H and O–H groups in total. The Labute approximate surface area is 61.3 Å². The fourth-order valence-corrected chi connectivity index (χ4v) is 0.479. The lowest BCUT2D eigenvalue weighted by atomic mass is 10.5. The Morgan fingerprint density at radius 1 is 1.60 bits per heavy atom. The average molecular weight is 146 g/mol. The van der Waals surface area contributed by atoms with Crippen LogP contribution in [0.5, 0.6) is 0 Å². The van der Waals surface area contributed by atoms with Gasteiger partial charge in [0.2, 0.25) is 0 Å². The van der Waals surface area contributed by atoms with E-state index in [-0.39, 0.29) is 0 Å². The van der Waals surface area contributed by atoms with Gasteiger partial charge in [0.1, 0.15) is 0 Å². The fraction of sp³-hybridized carbons (Fsp3) is 0.714. The van der Waals surface area contributed by atoms with Crippen molar-refractivity contribution in [2.24, 2.45) is 0 Å². The molecule has 0 aliphatic heterocycles. The van der Waals surface area contributed by atoms with Crippen LogP contribution in [0.15, 0.2) is 12.8 Å². The molecule has 0 fully saturated rings. The van der Waals surface area contributed by atoms with Crippen molar-refractivity contribution in [3.63, 3.8) is 0 Å². The van der Waals surface area contributed by atoms with Crippen molar-refractivity contribution in [2.75, 3.05) is 13.2 Å². The van der Waals surface area contributed by atoms with E-state index in [4.69, 9.17) is 14.6 Å². The molecule has 0 aliphatic carbocycles. The third-order valence-corrected chi connectivity index (χ3v) is 0.883. The summed E-state index contributed by atoms with van der Waals surface area (Å²) in [6.07, 6.45) is 1.49. The molecule has 0 heterocycles. The molecule has 0 aromatic carbocycles. The molecule has 0 rings (SSSR count). The monoisotopic (exact) mass is 146 g/mol. The minimum absolute atomic E-state index is 0.519. The summed E-state index contributed by atoms with van der Waals surface area (Å²) in [6.45, 7) is 6.07. The van der Waals surface area contributed by atoms with Gasteiger partial charge in [-0.2, -0.15) is 0 Å². The van der Waals surface area contributed by atoms with Crippen molar-refractivity contribution in [3.8, 4) is 0 Å². The highest BCUT2D eigenvalue weighted by Gasteiger charge is 1.92. The van der Waals surface area contributed by atoms with Crippen LogP contribution in [0.4, 0.5) is 0 Å². The molecule has 0 bridgehead atoms. The van der Waals surface area contributed by atoms with Crippen molar-refractivity contribution < 1.29 is 14.6 Å². The summed E-state index contributed by atoms with van der Waals surface area (Å²) in [5.74, 6) is 0. The van der Waals surface area contributed by atoms with E-state index in [1.54, 1.807) is 6.92 Å². The lowest BCUT2D eigenvalue weighted by Gasteiger charge is -2.05. The third kappa shape index (κ3) is 7.46. The van der Waals surface area contributed by atoms with Crippen LogP contribution in [0.3, 0.4) is 0 Å². The van der Waals surface area contributed by atoms with Crippen molar-refractivity contribution in [2.45, 2.75) is 19.6 Å². The van der Waals surface area contributed by atoms with Gasteiger partial charge in [-0.3, -0.25) is 0 Å². The molecule has 3 nitrogen and oxygen atoms in total. The van der Waals surface area contributed by atoms with Gasteiger partial charge in [-0.25, -0.2) is 0 Å². The average Bonchev–Trinajstić information content (AvgIpc) is 1.87. The third-order valence-electron chi connectivity index (χ3n) is 0.883. The molecule has 0 aromatic heterocycles. The molecule has 1 unspecified atom stereocenters. The maximum absolute atomic E-state index is 8.63. The van der Waals surface area contributed by atoms with Crippen LogP contribution in [-0.2, 0) is 9.47 Å². The van der Waals surface area contributed by atoms with Gasteiger partial charge in [0.05, 0.1) is 19.5 Å². The molecule has 0 aliphatic rings. The van der Waals surface area contributed by atoms with Crippen molar-refractivity contribution in [1.82, 2.24) is 0 Å². The number of hydrogen-bond acceptors (Lipinski definition) is 3. The van der Waals surface area contributed by atoms with E-state index in [1.807, 2.05) is 0 Å². The normalized spacial score (nSPS) is 12.6. The minimum Gasteiger partial charge on any atom is -0.502 e. The summed E-state index contributed by atoms with van der Waals surface area (Å²) < 4.78 is 9.65. The summed E-state index contributed by atoms with van der Waals surface area (Å²) >= 11 is 0. The highest BCUT2D eigenvalue weighted by molar-refractivity contribution is 4.48. The number of aliphatic hydroxyl groups is 1. The first kappa shape index (κ1) is 9.46. The summed E-state index contributed by atoms with van der Waals surface area (Å²) in [6, 6.07) is 0. The Kier molecular flexibility index (Phi) is 6.22. The number of ether oxygens (including phenoxy) is 2. The Morgan fingerprint density at radius 3 is 2.80 bits per heavy atom. The second kappa shape index (κ2) is 6.58. The van der Waals surface area contributed by atoms with E-state index in [2.05, 4.69) is 6.58 Å². The van der Waals surface area contributed by atoms with Gasteiger partial charge in [-0.1, -0.05) is 6.58 Å². The summed E-state index contributed by atoms with van der Waals surface area (Å²) in [7, 11) is 0. The van der Waals surface area contributed by atoms with Gasteiger partial charge in [0, 0.05) is 6.42 Å². The quantitative estimate of drug-likeness (QED) is 0.343. The highest BCUT2D eigenvalue weighted by atomic mass is 16.6. The minimum atomic E-state index is -0.677. The summed E-state index contributed by atoms with van der Waals surface area (Å²) in [4.78, 5) is 0. The Morgan fingerprint density at radius 2 is 2.30 bits per heavy atom. The predicted molar refractivity (Wildman–Crippen MR) is 38.4 cm³/mol. The molecular formula is C7H14O3. The zero-order valence-corrected chi connectivity index (χ0v) is 6.25. The molecule has 0 saturated carbocycles. The largest absolute Gasteiger partial charge is 0.502 e. The number of rotatable bonds is 6. The summed E-state index contributed by atoms with van der Waals surface area (Å²) in [5, 5.41) is 8.63. The molecule has 1 atom stereocenters. The SMILES string of the molecule is C=COCCCOC(C)O. The van der Waals surface area contributed by atoms with E-state index >= 15 is 0 Å². The Bertz CT molecular complexity index is 80.9. The molecule has 3 heteroatoms. The van der Waals surface area contributed by atoms with Gasteiger partial charge in [-0.05, 0) is 6.92 Å². The molecule has 10 heavy (non-hydrogen) atoms. The second-order valence-electron chi connectivity index (χ2n) is 1.86. The van der Waals surface area contributed by atoms with E-state index in [1.165, 1.54) is 6.26 Å². The summed E-state index contributed by atoms with van der Waals surface area (Å²) in [5.41, 5.74) is 0. The van der Waals surface area contributed by atoms with Gasteiger partial charge < -0.3 is 14.6 Å². The molecule has 0 radical (unpaired) electrons. The van der Waals surface area contributed by atoms with Crippen LogP contribution in [0, 0.1) is 0 Å². The zero-order chi connectivity index (χ0) is 7.82. The van der Waals surface area contributed by atoms with Gasteiger partial charge in [0.15, 0.2) is 6.29 Å². The van der Waals surface area contributed by atoms with Gasteiger partial charge in [-0.15, -0.1) is 0 Å². The molecule has 60 valence electrons. The lowest BCUT2D eigenvalue weighted by molar-refractivity contribution is -0.0877. The maximum Gasteiger partial charge on any atom is 0.151 e. The van der Waals surface area contributed by atoms with E-state index in [0.717, 1.165) is 6.42 Å². The smallest absolute Gasteiger partial charge is 0.151 e. The van der Waals surface area contributed by atoms with Gasteiger partial charge >= 0.3 is 0 Å². The van der Waals surface area contributed by atoms with Crippen LogP contribution in [0.1, 0.15) is 13.3 Å². The molecule has 0 aromatic rings. The molecule has 0 amide bonds. The lowest BCUT2D eigenvalue weighted by Crippen LogP contribution is -2.08. The van der Waals surface area contributed by atoms with E-state index < -0.39 is 6.29 Å². The molecule has 0 spiro atoms. The fourth-order valence-electron chi connectivity index (χ4n) is 0.479. The number of aliphatic hydroxyl groups excluding tert-OH is 1. The standard InChI is InChI=1S/C7H14O3/c1-3-9-5-4-6-10-7(2)8/h3,7-8H,1,4-6H2,2H3. The van der Waals surface area contributed by atoms with E-state index in [9.17, 15) is 0 Å². The van der Waals surface area contributed by atoms with Crippen LogP contribution in [0.25, 0.3) is 0 Å². The topological polar surface area (TPSA) is 38.7 Å². The van der Waals surface area contributed by atoms with Crippen LogP contribution >= 0.6 is 0 Å². The first-order chi connectivity index (χ1) is 4.77. The zero-order valence-electron chi connectivity index (χ0n) is 6.25.